The highest BCUT2D eigenvalue weighted by molar-refractivity contribution is 8.03. The molecule has 1 aromatic rings. The first-order chi connectivity index (χ1) is 6.33. The van der Waals surface area contributed by atoms with Crippen molar-refractivity contribution < 1.29 is 5.11 Å². The molecule has 0 saturated heterocycles. The van der Waals surface area contributed by atoms with E-state index in [4.69, 9.17) is 10.4 Å². The predicted octanol–water partition coefficient (Wildman–Crippen LogP) is 2.54. The Labute approximate surface area is 82.2 Å². The molecule has 0 bridgehead atoms. The summed E-state index contributed by atoms with van der Waals surface area (Å²) in [5.41, 5.74) is 1.20. The third-order valence-corrected chi connectivity index (χ3v) is 2.33. The molecule has 0 aliphatic carbocycles. The molecular weight excluding hydrogens is 182 g/mol. The lowest BCUT2D eigenvalue weighted by Gasteiger charge is -1.99. The van der Waals surface area contributed by atoms with Crippen molar-refractivity contribution in [2.45, 2.75) is 12.8 Å². The first kappa shape index (κ1) is 9.94. The minimum absolute atomic E-state index is 0.301. The molecule has 68 valence electrons. The second kappa shape index (κ2) is 5.50. The highest BCUT2D eigenvalue weighted by Gasteiger charge is 1.93. The van der Waals surface area contributed by atoms with E-state index in [2.05, 4.69) is 0 Å². The van der Waals surface area contributed by atoms with Gasteiger partial charge in [0, 0.05) is 5.75 Å². The molecule has 0 heterocycles. The third kappa shape index (κ3) is 3.86. The van der Waals surface area contributed by atoms with Crippen LogP contribution in [0.4, 0.5) is 0 Å². The van der Waals surface area contributed by atoms with Crippen LogP contribution >= 0.6 is 11.8 Å². The van der Waals surface area contributed by atoms with Crippen molar-refractivity contribution >= 4 is 11.8 Å². The fraction of sp³-hybridized carbons (Fsp3) is 0.300. The molecule has 0 spiro atoms. The monoisotopic (exact) mass is 193 g/mol. The number of thioether (sulfide) groups is 1. The Morgan fingerprint density at radius 3 is 2.62 bits per heavy atom. The van der Waals surface area contributed by atoms with Crippen molar-refractivity contribution in [3.8, 4) is 11.2 Å². The van der Waals surface area contributed by atoms with Crippen molar-refractivity contribution in [3.63, 3.8) is 0 Å². The first-order valence-electron chi connectivity index (χ1n) is 4.11. The van der Waals surface area contributed by atoms with E-state index in [1.54, 1.807) is 12.1 Å². The maximum absolute atomic E-state index is 9.02. The van der Waals surface area contributed by atoms with Crippen LogP contribution in [0.2, 0.25) is 0 Å². The molecule has 1 aromatic carbocycles. The van der Waals surface area contributed by atoms with E-state index in [0.717, 1.165) is 18.6 Å². The maximum Gasteiger partial charge on any atom is 0.133 e. The van der Waals surface area contributed by atoms with Crippen molar-refractivity contribution in [2.75, 3.05) is 5.75 Å². The lowest BCUT2D eigenvalue weighted by molar-refractivity contribution is 0.475. The topological polar surface area (TPSA) is 44.0 Å². The molecule has 0 atom stereocenters. The average Bonchev–Trinajstić information content (AvgIpc) is 2.15. The number of aromatic hydroxyl groups is 1. The van der Waals surface area contributed by atoms with Crippen LogP contribution in [0.1, 0.15) is 12.0 Å². The van der Waals surface area contributed by atoms with E-state index >= 15 is 0 Å². The van der Waals surface area contributed by atoms with Gasteiger partial charge in [0.1, 0.15) is 11.2 Å². The molecule has 2 nitrogen and oxygen atoms in total. The van der Waals surface area contributed by atoms with E-state index in [1.165, 1.54) is 17.3 Å². The van der Waals surface area contributed by atoms with Crippen molar-refractivity contribution in [3.05, 3.63) is 29.8 Å². The second-order valence-corrected chi connectivity index (χ2v) is 3.59. The van der Waals surface area contributed by atoms with Crippen LogP contribution in [-0.4, -0.2) is 10.9 Å². The van der Waals surface area contributed by atoms with E-state index in [-0.39, 0.29) is 0 Å². The summed E-state index contributed by atoms with van der Waals surface area (Å²) in [6, 6.07) is 7.19. The van der Waals surface area contributed by atoms with Gasteiger partial charge in [-0.15, -0.1) is 0 Å². The SMILES string of the molecule is N#CSCCCc1ccc(O)cc1. The summed E-state index contributed by atoms with van der Waals surface area (Å²) >= 11 is 1.29. The molecule has 0 unspecified atom stereocenters. The number of benzene rings is 1. The number of rotatable bonds is 4. The molecule has 1 rings (SSSR count). The first-order valence-corrected chi connectivity index (χ1v) is 5.10. The molecule has 0 saturated carbocycles. The Kier molecular flexibility index (Phi) is 4.20. The van der Waals surface area contributed by atoms with Gasteiger partial charge < -0.3 is 5.11 Å². The van der Waals surface area contributed by atoms with Gasteiger partial charge in [-0.1, -0.05) is 12.1 Å². The zero-order valence-electron chi connectivity index (χ0n) is 7.23. The summed E-state index contributed by atoms with van der Waals surface area (Å²) in [6.07, 6.45) is 1.97. The van der Waals surface area contributed by atoms with Crippen molar-refractivity contribution in [2.24, 2.45) is 0 Å². The number of hydrogen-bond donors (Lipinski definition) is 1. The predicted molar refractivity (Wildman–Crippen MR) is 54.5 cm³/mol. The molecule has 0 aliphatic rings. The number of thiocyanates is 1. The zero-order valence-corrected chi connectivity index (χ0v) is 8.05. The van der Waals surface area contributed by atoms with Gasteiger partial charge in [0.2, 0.25) is 0 Å². The summed E-state index contributed by atoms with van der Waals surface area (Å²) < 4.78 is 0. The van der Waals surface area contributed by atoms with Crippen LogP contribution in [-0.2, 0) is 6.42 Å². The number of aryl methyl sites for hydroxylation is 1. The van der Waals surface area contributed by atoms with Gasteiger partial charge in [-0.25, -0.2) is 0 Å². The summed E-state index contributed by atoms with van der Waals surface area (Å²) in [6.45, 7) is 0. The van der Waals surface area contributed by atoms with Gasteiger partial charge in [-0.05, 0) is 42.3 Å². The van der Waals surface area contributed by atoms with Crippen molar-refractivity contribution in [1.29, 1.82) is 5.26 Å². The number of nitrogens with zero attached hydrogens (tertiary/aromatic N) is 1. The van der Waals surface area contributed by atoms with E-state index < -0.39 is 0 Å². The van der Waals surface area contributed by atoms with E-state index in [0.29, 0.717) is 5.75 Å². The minimum atomic E-state index is 0.301. The molecular formula is C10H11NOS. The van der Waals surface area contributed by atoms with E-state index in [1.807, 2.05) is 17.5 Å². The number of phenols is 1. The average molecular weight is 193 g/mol. The van der Waals surface area contributed by atoms with Crippen LogP contribution in [0.25, 0.3) is 0 Å². The van der Waals surface area contributed by atoms with Crippen LogP contribution in [0.5, 0.6) is 5.75 Å². The molecule has 0 aromatic heterocycles. The lowest BCUT2D eigenvalue weighted by Crippen LogP contribution is -1.86. The lowest BCUT2D eigenvalue weighted by atomic mass is 10.1. The van der Waals surface area contributed by atoms with Gasteiger partial charge in [0.15, 0.2) is 0 Å². The van der Waals surface area contributed by atoms with Gasteiger partial charge in [-0.2, -0.15) is 5.26 Å². The quantitative estimate of drug-likeness (QED) is 0.590. The highest BCUT2D eigenvalue weighted by atomic mass is 32.2. The Balaban J connectivity index is 2.30. The summed E-state index contributed by atoms with van der Waals surface area (Å²) in [5, 5.41) is 19.3. The molecule has 0 radical (unpaired) electrons. The van der Waals surface area contributed by atoms with Crippen LogP contribution < -0.4 is 0 Å². The molecule has 0 fully saturated rings. The fourth-order valence-electron chi connectivity index (χ4n) is 1.06. The Morgan fingerprint density at radius 2 is 2.00 bits per heavy atom. The Hall–Kier alpha value is -1.14. The summed E-state index contributed by atoms with van der Waals surface area (Å²) in [4.78, 5) is 0. The van der Waals surface area contributed by atoms with Gasteiger partial charge in [0.25, 0.3) is 0 Å². The molecule has 13 heavy (non-hydrogen) atoms. The number of nitriles is 1. The maximum atomic E-state index is 9.02. The standard InChI is InChI=1S/C10H11NOS/c11-8-13-7-1-2-9-3-5-10(12)6-4-9/h3-6,12H,1-2,7H2. The van der Waals surface area contributed by atoms with E-state index in [9.17, 15) is 0 Å². The Morgan fingerprint density at radius 1 is 1.31 bits per heavy atom. The largest absolute Gasteiger partial charge is 0.508 e. The Bertz CT molecular complexity index is 289. The minimum Gasteiger partial charge on any atom is -0.508 e. The van der Waals surface area contributed by atoms with Crippen LogP contribution in [0.3, 0.4) is 0 Å². The van der Waals surface area contributed by atoms with Gasteiger partial charge in [0.05, 0.1) is 0 Å². The van der Waals surface area contributed by atoms with Gasteiger partial charge in [-0.3, -0.25) is 0 Å². The highest BCUT2D eigenvalue weighted by Crippen LogP contribution is 2.12. The number of phenolic OH excluding ortho intramolecular Hbond substituents is 1. The number of hydrogen-bond acceptors (Lipinski definition) is 3. The van der Waals surface area contributed by atoms with Gasteiger partial charge >= 0.3 is 0 Å². The summed E-state index contributed by atoms with van der Waals surface area (Å²) in [5.74, 6) is 1.17. The normalized spacial score (nSPS) is 9.46. The summed E-state index contributed by atoms with van der Waals surface area (Å²) in [7, 11) is 0. The molecule has 3 heteroatoms. The second-order valence-electron chi connectivity index (χ2n) is 2.71. The molecule has 0 amide bonds. The smallest absolute Gasteiger partial charge is 0.133 e. The molecule has 0 aliphatic heterocycles. The van der Waals surface area contributed by atoms with Crippen molar-refractivity contribution in [1.82, 2.24) is 0 Å². The fourth-order valence-corrected chi connectivity index (χ4v) is 1.44. The third-order valence-electron chi connectivity index (χ3n) is 1.71. The molecule has 1 N–H and O–H groups in total. The zero-order chi connectivity index (χ0) is 9.52. The van der Waals surface area contributed by atoms with Crippen LogP contribution in [0, 0.1) is 10.7 Å². The van der Waals surface area contributed by atoms with Crippen LogP contribution in [0.15, 0.2) is 24.3 Å².